The summed E-state index contributed by atoms with van der Waals surface area (Å²) in [6, 6.07) is 0.729. The van der Waals surface area contributed by atoms with Gasteiger partial charge in [-0.1, -0.05) is 4.85 Å². The molecule has 0 fully saturated rings. The molecule has 11 heavy (non-hydrogen) atoms. The van der Waals surface area contributed by atoms with Gasteiger partial charge in [0.1, 0.15) is 0 Å². The van der Waals surface area contributed by atoms with E-state index in [-0.39, 0.29) is 4.85 Å². The van der Waals surface area contributed by atoms with Crippen molar-refractivity contribution >= 4 is 0 Å². The lowest BCUT2D eigenvalue weighted by atomic mass is 10.4. The minimum atomic E-state index is -4.57. The van der Waals surface area contributed by atoms with Crippen molar-refractivity contribution in [2.24, 2.45) is 7.05 Å². The van der Waals surface area contributed by atoms with E-state index in [1.54, 1.807) is 0 Å². The van der Waals surface area contributed by atoms with Gasteiger partial charge in [0.2, 0.25) is 0 Å². The topological polar surface area (TPSA) is 31.9 Å². The quantitative estimate of drug-likeness (QED) is 0.412. The number of aryl methyl sites for hydroxylation is 1. The van der Waals surface area contributed by atoms with Gasteiger partial charge < -0.3 is 5.21 Å². The van der Waals surface area contributed by atoms with E-state index in [1.807, 2.05) is 0 Å². The van der Waals surface area contributed by atoms with Crippen molar-refractivity contribution in [1.29, 1.82) is 0 Å². The van der Waals surface area contributed by atoms with Gasteiger partial charge in [0.15, 0.2) is 0 Å². The number of rotatable bonds is 0. The summed E-state index contributed by atoms with van der Waals surface area (Å²) in [5, 5.41) is 10.6. The predicted molar refractivity (Wildman–Crippen MR) is 29.4 cm³/mol. The zero-order valence-electron chi connectivity index (χ0n) is 5.59. The van der Waals surface area contributed by atoms with Crippen molar-refractivity contribution in [2.45, 2.75) is 6.18 Å². The van der Waals surface area contributed by atoms with Crippen LogP contribution in [0.4, 0.5) is 13.2 Å². The number of alkyl halides is 3. The Morgan fingerprint density at radius 3 is 2.27 bits per heavy atom. The molecular weight excluding hydrogens is 161 g/mol. The van der Waals surface area contributed by atoms with E-state index in [4.69, 9.17) is 0 Å². The number of nitrogens with zero attached hydrogens (tertiary/aromatic N) is 2. The molecule has 0 bridgehead atoms. The van der Waals surface area contributed by atoms with Gasteiger partial charge >= 0.3 is 11.9 Å². The minimum Gasteiger partial charge on any atom is -0.595 e. The Balaban J connectivity index is 3.15. The highest BCUT2D eigenvalue weighted by Gasteiger charge is 2.41. The Kier molecular flexibility index (Phi) is 1.54. The SMILES string of the molecule is Cn1ccc(C(F)(F)F)[n+]1[O-]. The molecule has 1 heterocycles. The van der Waals surface area contributed by atoms with Gasteiger partial charge in [0, 0.05) is 6.07 Å². The monoisotopic (exact) mass is 166 g/mol. The van der Waals surface area contributed by atoms with Crippen molar-refractivity contribution in [2.75, 3.05) is 0 Å². The lowest BCUT2D eigenvalue weighted by Gasteiger charge is -2.02. The lowest BCUT2D eigenvalue weighted by Crippen LogP contribution is -2.41. The molecular formula is C5H5F3N2O. The van der Waals surface area contributed by atoms with E-state index in [2.05, 4.69) is 0 Å². The van der Waals surface area contributed by atoms with Crippen LogP contribution in [0.3, 0.4) is 0 Å². The van der Waals surface area contributed by atoms with Gasteiger partial charge in [-0.25, -0.2) is 0 Å². The molecule has 1 aromatic rings. The van der Waals surface area contributed by atoms with E-state index in [9.17, 15) is 18.4 Å². The fourth-order valence-corrected chi connectivity index (χ4v) is 0.676. The highest BCUT2D eigenvalue weighted by Crippen LogP contribution is 2.25. The Bertz CT molecular complexity index is 265. The Morgan fingerprint density at radius 2 is 2.09 bits per heavy atom. The zero-order valence-corrected chi connectivity index (χ0v) is 5.59. The number of hydrogen-bond donors (Lipinski definition) is 0. The Hall–Kier alpha value is -1.20. The normalized spacial score (nSPS) is 12.0. The van der Waals surface area contributed by atoms with Crippen LogP contribution in [0.5, 0.6) is 0 Å². The second kappa shape index (κ2) is 2.14. The van der Waals surface area contributed by atoms with Gasteiger partial charge in [0.05, 0.1) is 13.2 Å². The van der Waals surface area contributed by atoms with Crippen molar-refractivity contribution in [1.82, 2.24) is 4.68 Å². The summed E-state index contributed by atoms with van der Waals surface area (Å²) in [5.74, 6) is 0. The smallest absolute Gasteiger partial charge is 0.481 e. The standard InChI is InChI=1S/C5H5F3N2O/c1-9-3-2-4(10(9)11)5(6,7)8/h2-3H,1H3. The van der Waals surface area contributed by atoms with Gasteiger partial charge in [-0.2, -0.15) is 17.9 Å². The summed E-state index contributed by atoms with van der Waals surface area (Å²) in [6.07, 6.45) is -3.52. The van der Waals surface area contributed by atoms with Crippen LogP contribution < -0.4 is 4.85 Å². The maximum absolute atomic E-state index is 11.8. The van der Waals surface area contributed by atoms with Crippen LogP contribution in [-0.4, -0.2) is 4.68 Å². The van der Waals surface area contributed by atoms with Gasteiger partial charge in [-0.05, 0) is 0 Å². The third-order valence-corrected chi connectivity index (χ3v) is 1.23. The third-order valence-electron chi connectivity index (χ3n) is 1.23. The molecule has 0 N–H and O–H groups in total. The van der Waals surface area contributed by atoms with Crippen LogP contribution in [0.1, 0.15) is 5.69 Å². The molecule has 0 saturated carbocycles. The van der Waals surface area contributed by atoms with E-state index >= 15 is 0 Å². The Morgan fingerprint density at radius 1 is 1.55 bits per heavy atom. The molecule has 6 heteroatoms. The summed E-state index contributed by atoms with van der Waals surface area (Å²) >= 11 is 0. The first-order valence-electron chi connectivity index (χ1n) is 2.75. The first kappa shape index (κ1) is 7.90. The molecule has 0 radical (unpaired) electrons. The van der Waals surface area contributed by atoms with Gasteiger partial charge in [0.25, 0.3) is 0 Å². The van der Waals surface area contributed by atoms with Crippen LogP contribution in [-0.2, 0) is 13.2 Å². The van der Waals surface area contributed by atoms with Crippen LogP contribution in [0.25, 0.3) is 0 Å². The average Bonchev–Trinajstić information content (AvgIpc) is 2.11. The van der Waals surface area contributed by atoms with E-state index < -0.39 is 11.9 Å². The summed E-state index contributed by atoms with van der Waals surface area (Å²) in [5.41, 5.74) is -1.19. The molecule has 0 amide bonds. The first-order valence-corrected chi connectivity index (χ1v) is 2.75. The largest absolute Gasteiger partial charge is 0.595 e. The highest BCUT2D eigenvalue weighted by molar-refractivity contribution is 4.96. The Labute approximate surface area is 60.2 Å². The summed E-state index contributed by atoms with van der Waals surface area (Å²) in [4.78, 5) is -0.208. The van der Waals surface area contributed by atoms with Crippen molar-refractivity contribution in [3.05, 3.63) is 23.2 Å². The van der Waals surface area contributed by atoms with E-state index in [0.717, 1.165) is 16.9 Å². The molecule has 0 aliphatic carbocycles. The third kappa shape index (κ3) is 1.28. The van der Waals surface area contributed by atoms with E-state index in [1.165, 1.54) is 7.05 Å². The van der Waals surface area contributed by atoms with E-state index in [0.29, 0.717) is 0 Å². The number of hydrogen-bond acceptors (Lipinski definition) is 1. The highest BCUT2D eigenvalue weighted by atomic mass is 19.4. The van der Waals surface area contributed by atoms with Crippen LogP contribution in [0.15, 0.2) is 12.3 Å². The molecule has 0 saturated heterocycles. The molecule has 0 unspecified atom stereocenters. The van der Waals surface area contributed by atoms with Crippen LogP contribution in [0.2, 0.25) is 0 Å². The van der Waals surface area contributed by atoms with Crippen LogP contribution in [0, 0.1) is 5.21 Å². The predicted octanol–water partition coefficient (Wildman–Crippen LogP) is 0.677. The zero-order chi connectivity index (χ0) is 8.65. The second-order valence-corrected chi connectivity index (χ2v) is 2.05. The molecule has 0 spiro atoms. The maximum Gasteiger partial charge on any atom is 0.481 e. The molecule has 0 aliphatic rings. The molecule has 1 rings (SSSR count). The van der Waals surface area contributed by atoms with Crippen molar-refractivity contribution < 1.29 is 18.0 Å². The fourth-order valence-electron chi connectivity index (χ4n) is 0.676. The molecule has 0 aromatic carbocycles. The summed E-state index contributed by atoms with van der Waals surface area (Å²) in [6.45, 7) is 0. The molecule has 0 atom stereocenters. The molecule has 3 nitrogen and oxygen atoms in total. The fraction of sp³-hybridized carbons (Fsp3) is 0.400. The van der Waals surface area contributed by atoms with Crippen molar-refractivity contribution in [3.8, 4) is 0 Å². The van der Waals surface area contributed by atoms with Gasteiger partial charge in [-0.15, -0.1) is 0 Å². The number of aromatic nitrogens is 2. The average molecular weight is 166 g/mol. The number of halogens is 3. The van der Waals surface area contributed by atoms with Crippen molar-refractivity contribution in [3.63, 3.8) is 0 Å². The first-order chi connectivity index (χ1) is 4.93. The summed E-state index contributed by atoms with van der Waals surface area (Å²) in [7, 11) is 1.24. The van der Waals surface area contributed by atoms with Gasteiger partial charge in [-0.3, -0.25) is 0 Å². The molecule has 62 valence electrons. The lowest BCUT2D eigenvalue weighted by molar-refractivity contribution is -0.709. The second-order valence-electron chi connectivity index (χ2n) is 2.05. The van der Waals surface area contributed by atoms with Crippen LogP contribution >= 0.6 is 0 Å². The molecule has 1 aromatic heterocycles. The molecule has 0 aliphatic heterocycles. The maximum atomic E-state index is 11.8. The minimum absolute atomic E-state index is 0.208. The summed E-state index contributed by atoms with van der Waals surface area (Å²) < 4.78 is 36.3.